The summed E-state index contributed by atoms with van der Waals surface area (Å²) in [6.45, 7) is 7.25. The average Bonchev–Trinajstić information content (AvgIpc) is 2.61. The van der Waals surface area contributed by atoms with Crippen molar-refractivity contribution >= 4 is 34.2 Å². The summed E-state index contributed by atoms with van der Waals surface area (Å²) in [4.78, 5) is 11.7. The van der Waals surface area contributed by atoms with E-state index >= 15 is 0 Å². The van der Waals surface area contributed by atoms with Crippen molar-refractivity contribution in [1.29, 1.82) is 0 Å². The standard InChI is InChI=1S/C10H17BrN2O.ClH/c1-3-9-8(4-5-12-9)10(14)13-6-7(2)11;/h8-9,12H,2-6H2,1H3,(H,13,14);1H. The van der Waals surface area contributed by atoms with Crippen molar-refractivity contribution in [2.75, 3.05) is 13.1 Å². The van der Waals surface area contributed by atoms with Crippen molar-refractivity contribution in [2.24, 2.45) is 5.92 Å². The van der Waals surface area contributed by atoms with Crippen molar-refractivity contribution in [1.82, 2.24) is 10.6 Å². The molecule has 1 saturated heterocycles. The summed E-state index contributed by atoms with van der Waals surface area (Å²) < 4.78 is 0.810. The van der Waals surface area contributed by atoms with Crippen molar-refractivity contribution in [3.63, 3.8) is 0 Å². The molecule has 1 heterocycles. The molecule has 0 aliphatic carbocycles. The first-order valence-corrected chi connectivity index (χ1v) is 5.78. The highest BCUT2D eigenvalue weighted by atomic mass is 79.9. The third-order valence-corrected chi connectivity index (χ3v) is 2.86. The van der Waals surface area contributed by atoms with Crippen molar-refractivity contribution in [3.05, 3.63) is 11.1 Å². The Morgan fingerprint density at radius 3 is 2.87 bits per heavy atom. The number of nitrogens with one attached hydrogen (secondary N) is 2. The van der Waals surface area contributed by atoms with Crippen LogP contribution in [0.2, 0.25) is 0 Å². The van der Waals surface area contributed by atoms with E-state index in [1.54, 1.807) is 0 Å². The molecule has 1 aliphatic rings. The minimum absolute atomic E-state index is 0. The summed E-state index contributed by atoms with van der Waals surface area (Å²) in [6.07, 6.45) is 1.95. The zero-order chi connectivity index (χ0) is 10.6. The average molecular weight is 298 g/mol. The molecule has 1 rings (SSSR count). The van der Waals surface area contributed by atoms with E-state index in [1.807, 2.05) is 0 Å². The fourth-order valence-corrected chi connectivity index (χ4v) is 1.96. The van der Waals surface area contributed by atoms with Gasteiger partial charge in [-0.05, 0) is 19.4 Å². The lowest BCUT2D eigenvalue weighted by molar-refractivity contribution is -0.125. The molecule has 2 unspecified atom stereocenters. The Morgan fingerprint density at radius 1 is 1.67 bits per heavy atom. The first kappa shape index (κ1) is 14.9. The van der Waals surface area contributed by atoms with E-state index in [4.69, 9.17) is 0 Å². The summed E-state index contributed by atoms with van der Waals surface area (Å²) >= 11 is 3.22. The predicted octanol–water partition coefficient (Wildman–Crippen LogP) is 1.82. The van der Waals surface area contributed by atoms with Gasteiger partial charge in [0.15, 0.2) is 0 Å². The van der Waals surface area contributed by atoms with Crippen LogP contribution in [0.3, 0.4) is 0 Å². The molecule has 0 spiro atoms. The van der Waals surface area contributed by atoms with Crippen LogP contribution >= 0.6 is 28.3 Å². The second kappa shape index (κ2) is 7.25. The highest BCUT2D eigenvalue weighted by Gasteiger charge is 2.30. The van der Waals surface area contributed by atoms with E-state index in [-0.39, 0.29) is 24.2 Å². The summed E-state index contributed by atoms with van der Waals surface area (Å²) in [5.74, 6) is 0.272. The van der Waals surface area contributed by atoms with Gasteiger partial charge in [0.25, 0.3) is 0 Å². The molecule has 0 radical (unpaired) electrons. The van der Waals surface area contributed by atoms with Crippen LogP contribution in [0.4, 0.5) is 0 Å². The van der Waals surface area contributed by atoms with E-state index in [0.29, 0.717) is 12.6 Å². The number of hydrogen-bond acceptors (Lipinski definition) is 2. The Kier molecular flexibility index (Phi) is 7.22. The van der Waals surface area contributed by atoms with Gasteiger partial charge in [0.2, 0.25) is 5.91 Å². The molecule has 0 saturated carbocycles. The Labute approximate surface area is 106 Å². The second-order valence-corrected chi connectivity index (χ2v) is 4.72. The molecular formula is C10H18BrClN2O. The number of carbonyl (C=O) groups excluding carboxylic acids is 1. The highest BCUT2D eigenvalue weighted by Crippen LogP contribution is 2.18. The maximum Gasteiger partial charge on any atom is 0.225 e. The normalized spacial score (nSPS) is 24.4. The molecule has 2 atom stereocenters. The van der Waals surface area contributed by atoms with Gasteiger partial charge in [0.1, 0.15) is 0 Å². The minimum Gasteiger partial charge on any atom is -0.351 e. The van der Waals surface area contributed by atoms with Crippen LogP contribution in [0.15, 0.2) is 11.1 Å². The Balaban J connectivity index is 0.00000196. The van der Waals surface area contributed by atoms with Gasteiger partial charge in [-0.15, -0.1) is 12.4 Å². The number of rotatable bonds is 4. The van der Waals surface area contributed by atoms with Gasteiger partial charge in [0, 0.05) is 17.1 Å². The van der Waals surface area contributed by atoms with Crippen molar-refractivity contribution < 1.29 is 4.79 Å². The largest absolute Gasteiger partial charge is 0.351 e. The maximum atomic E-state index is 11.7. The second-order valence-electron chi connectivity index (χ2n) is 3.60. The Hall–Kier alpha value is -0.0600. The lowest BCUT2D eigenvalue weighted by Crippen LogP contribution is -2.38. The molecule has 0 aromatic heterocycles. The fourth-order valence-electron chi connectivity index (χ4n) is 1.82. The molecule has 1 fully saturated rings. The third-order valence-electron chi connectivity index (χ3n) is 2.58. The van der Waals surface area contributed by atoms with Crippen LogP contribution in [-0.2, 0) is 4.79 Å². The topological polar surface area (TPSA) is 41.1 Å². The quantitative estimate of drug-likeness (QED) is 0.831. The third kappa shape index (κ3) is 4.53. The molecule has 88 valence electrons. The van der Waals surface area contributed by atoms with Gasteiger partial charge in [0.05, 0.1) is 5.92 Å². The molecule has 15 heavy (non-hydrogen) atoms. The lowest BCUT2D eigenvalue weighted by atomic mass is 9.98. The summed E-state index contributed by atoms with van der Waals surface area (Å²) in [5, 5.41) is 6.19. The van der Waals surface area contributed by atoms with Gasteiger partial charge in [-0.25, -0.2) is 0 Å². The van der Waals surface area contributed by atoms with Gasteiger partial charge < -0.3 is 10.6 Å². The number of carbonyl (C=O) groups is 1. The molecule has 0 bridgehead atoms. The van der Waals surface area contributed by atoms with Crippen LogP contribution < -0.4 is 10.6 Å². The molecular weight excluding hydrogens is 279 g/mol. The Morgan fingerprint density at radius 2 is 2.33 bits per heavy atom. The van der Waals surface area contributed by atoms with Gasteiger partial charge in [-0.3, -0.25) is 4.79 Å². The Bertz CT molecular complexity index is 235. The molecule has 2 N–H and O–H groups in total. The number of hydrogen-bond donors (Lipinski definition) is 2. The number of amides is 1. The SMILES string of the molecule is C=C(Br)CNC(=O)C1CCNC1CC.Cl. The molecule has 0 aromatic carbocycles. The zero-order valence-electron chi connectivity index (χ0n) is 8.88. The minimum atomic E-state index is 0. The molecule has 5 heteroatoms. The monoisotopic (exact) mass is 296 g/mol. The number of halogens is 2. The first-order valence-electron chi connectivity index (χ1n) is 4.99. The van der Waals surface area contributed by atoms with Crippen LogP contribution in [0.1, 0.15) is 19.8 Å². The smallest absolute Gasteiger partial charge is 0.225 e. The predicted molar refractivity (Wildman–Crippen MR) is 68.5 cm³/mol. The first-order chi connectivity index (χ1) is 6.65. The van der Waals surface area contributed by atoms with Crippen LogP contribution in [0, 0.1) is 5.92 Å². The highest BCUT2D eigenvalue weighted by molar-refractivity contribution is 9.11. The van der Waals surface area contributed by atoms with Crippen LogP contribution in [0.25, 0.3) is 0 Å². The van der Waals surface area contributed by atoms with E-state index in [9.17, 15) is 4.79 Å². The van der Waals surface area contributed by atoms with E-state index in [2.05, 4.69) is 40.1 Å². The molecule has 1 aliphatic heterocycles. The van der Waals surface area contributed by atoms with E-state index < -0.39 is 0 Å². The van der Waals surface area contributed by atoms with Gasteiger partial charge in [-0.1, -0.05) is 29.4 Å². The summed E-state index contributed by atoms with van der Waals surface area (Å²) in [7, 11) is 0. The lowest BCUT2D eigenvalue weighted by Gasteiger charge is -2.17. The van der Waals surface area contributed by atoms with Crippen molar-refractivity contribution in [3.8, 4) is 0 Å². The summed E-state index contributed by atoms with van der Waals surface area (Å²) in [5.41, 5.74) is 0. The molecule has 1 amide bonds. The summed E-state index contributed by atoms with van der Waals surface area (Å²) in [6, 6.07) is 0.346. The van der Waals surface area contributed by atoms with Crippen LogP contribution in [0.5, 0.6) is 0 Å². The van der Waals surface area contributed by atoms with Gasteiger partial charge >= 0.3 is 0 Å². The van der Waals surface area contributed by atoms with E-state index in [1.165, 1.54) is 0 Å². The molecule has 3 nitrogen and oxygen atoms in total. The van der Waals surface area contributed by atoms with Gasteiger partial charge in [-0.2, -0.15) is 0 Å². The maximum absolute atomic E-state index is 11.7. The molecule has 0 aromatic rings. The van der Waals surface area contributed by atoms with Crippen molar-refractivity contribution in [2.45, 2.75) is 25.8 Å². The van der Waals surface area contributed by atoms with Crippen LogP contribution in [-0.4, -0.2) is 25.0 Å². The van der Waals surface area contributed by atoms with E-state index in [0.717, 1.165) is 23.9 Å². The zero-order valence-corrected chi connectivity index (χ0v) is 11.3. The fraction of sp³-hybridized carbons (Fsp3) is 0.700.